The number of hydrogen-bond donors (Lipinski definition) is 0. The smallest absolute Gasteiger partial charge is 0.417 e. The molecule has 1 aromatic heterocycles. The summed E-state index contributed by atoms with van der Waals surface area (Å²) in [5, 5.41) is 0.845. The third-order valence-electron chi connectivity index (χ3n) is 6.95. The number of nitrogens with zero attached hydrogens (tertiary/aromatic N) is 3. The van der Waals surface area contributed by atoms with Gasteiger partial charge in [0.2, 0.25) is 0 Å². The average molecular weight is 530 g/mol. The van der Waals surface area contributed by atoms with Crippen LogP contribution in [0.3, 0.4) is 0 Å². The van der Waals surface area contributed by atoms with Gasteiger partial charge in [0, 0.05) is 49.8 Å². The lowest BCUT2D eigenvalue weighted by Gasteiger charge is -2.32. The van der Waals surface area contributed by atoms with E-state index in [4.69, 9.17) is 19.2 Å². The van der Waals surface area contributed by atoms with E-state index in [9.17, 15) is 18.0 Å². The molecule has 0 aliphatic carbocycles. The highest BCUT2D eigenvalue weighted by Crippen LogP contribution is 2.34. The van der Waals surface area contributed by atoms with Crippen LogP contribution < -0.4 is 9.64 Å². The minimum absolute atomic E-state index is 0.0898. The molecule has 2 aliphatic heterocycles. The molecule has 0 saturated carbocycles. The van der Waals surface area contributed by atoms with Gasteiger partial charge in [0.05, 0.1) is 43.1 Å². The van der Waals surface area contributed by atoms with Gasteiger partial charge in [-0.05, 0) is 43.2 Å². The van der Waals surface area contributed by atoms with Crippen LogP contribution in [0.2, 0.25) is 0 Å². The lowest BCUT2D eigenvalue weighted by Crippen LogP contribution is -2.40. The van der Waals surface area contributed by atoms with E-state index in [0.717, 1.165) is 35.4 Å². The van der Waals surface area contributed by atoms with E-state index < -0.39 is 17.6 Å². The summed E-state index contributed by atoms with van der Waals surface area (Å²) >= 11 is 0. The summed E-state index contributed by atoms with van der Waals surface area (Å²) in [6.07, 6.45) is -3.28. The van der Waals surface area contributed by atoms with E-state index in [0.29, 0.717) is 44.5 Å². The van der Waals surface area contributed by atoms with Crippen LogP contribution in [-0.2, 0) is 22.2 Å². The van der Waals surface area contributed by atoms with Crippen molar-refractivity contribution in [3.63, 3.8) is 0 Å². The van der Waals surface area contributed by atoms with Crippen LogP contribution in [-0.4, -0.2) is 68.5 Å². The fraction of sp³-hybridized carbons (Fsp3) is 0.429. The summed E-state index contributed by atoms with van der Waals surface area (Å²) in [5.41, 5.74) is 0.165. The van der Waals surface area contributed by atoms with Gasteiger partial charge in [-0.25, -0.2) is 4.98 Å². The molecule has 1 amide bonds. The first kappa shape index (κ1) is 26.2. The highest BCUT2D eigenvalue weighted by molar-refractivity contribution is 5.96. The average Bonchev–Trinajstić information content (AvgIpc) is 3.45. The van der Waals surface area contributed by atoms with Crippen LogP contribution >= 0.6 is 0 Å². The van der Waals surface area contributed by atoms with Crippen molar-refractivity contribution in [3.05, 3.63) is 65.2 Å². The predicted molar refractivity (Wildman–Crippen MR) is 136 cm³/mol. The summed E-state index contributed by atoms with van der Waals surface area (Å²) in [6.45, 7) is 3.16. The van der Waals surface area contributed by atoms with Gasteiger partial charge >= 0.3 is 6.18 Å². The quantitative estimate of drug-likeness (QED) is 0.433. The Labute approximate surface area is 219 Å². The number of rotatable bonds is 7. The van der Waals surface area contributed by atoms with Gasteiger partial charge in [-0.15, -0.1) is 0 Å². The summed E-state index contributed by atoms with van der Waals surface area (Å²) in [6, 6.07) is 12.5. The first-order chi connectivity index (χ1) is 18.3. The monoisotopic (exact) mass is 529 g/mol. The molecule has 1 unspecified atom stereocenters. The zero-order valence-electron chi connectivity index (χ0n) is 21.2. The third kappa shape index (κ3) is 5.71. The lowest BCUT2D eigenvalue weighted by molar-refractivity contribution is -0.138. The van der Waals surface area contributed by atoms with E-state index in [2.05, 4.69) is 4.90 Å². The number of pyridine rings is 1. The van der Waals surface area contributed by atoms with E-state index in [1.165, 1.54) is 23.1 Å². The molecule has 2 aromatic carbocycles. The number of ether oxygens (including phenoxy) is 3. The van der Waals surface area contributed by atoms with Crippen molar-refractivity contribution in [2.24, 2.45) is 0 Å². The number of aromatic nitrogens is 1. The second kappa shape index (κ2) is 11.2. The Balaban J connectivity index is 1.56. The van der Waals surface area contributed by atoms with Gasteiger partial charge < -0.3 is 24.0 Å². The number of fused-ring (bicyclic) bond motifs is 1. The van der Waals surface area contributed by atoms with Crippen LogP contribution in [0.25, 0.3) is 10.9 Å². The molecule has 2 saturated heterocycles. The Kier molecular flexibility index (Phi) is 7.71. The van der Waals surface area contributed by atoms with Gasteiger partial charge in [0.1, 0.15) is 11.6 Å². The molecule has 0 bridgehead atoms. The molecular weight excluding hydrogens is 499 g/mol. The molecule has 3 aromatic rings. The Bertz CT molecular complexity index is 1290. The number of morpholine rings is 1. The topological polar surface area (TPSA) is 64.1 Å². The first-order valence-corrected chi connectivity index (χ1v) is 12.7. The van der Waals surface area contributed by atoms with Gasteiger partial charge in [-0.2, -0.15) is 13.2 Å². The van der Waals surface area contributed by atoms with Crippen LogP contribution in [0.1, 0.15) is 34.3 Å². The number of carbonyl (C=O) groups is 1. The predicted octanol–water partition coefficient (Wildman–Crippen LogP) is 4.92. The van der Waals surface area contributed by atoms with E-state index in [1.54, 1.807) is 7.11 Å². The normalized spacial score (nSPS) is 18.1. The second-order valence-electron chi connectivity index (χ2n) is 9.49. The summed E-state index contributed by atoms with van der Waals surface area (Å²) in [5.74, 6) is 0.670. The molecule has 0 N–H and O–H groups in total. The molecule has 0 spiro atoms. The van der Waals surface area contributed by atoms with Crippen molar-refractivity contribution >= 4 is 22.6 Å². The van der Waals surface area contributed by atoms with Crippen LogP contribution in [0.15, 0.2) is 48.5 Å². The fourth-order valence-electron chi connectivity index (χ4n) is 5.02. The number of hydrogen-bond acceptors (Lipinski definition) is 6. The molecule has 7 nitrogen and oxygen atoms in total. The standard InChI is InChI=1S/C28H30F3N3O4/c1-36-21-9-8-19-15-20(26(32-25(19)16-21)33-10-13-37-14-11-33)17-34(18-22-5-4-12-38-22)27(35)23-6-2-3-7-24(23)28(29,30)31/h2-3,6-9,15-16,22H,4-5,10-14,17-18H2,1H3. The number of carbonyl (C=O) groups excluding carboxylic acids is 1. The number of alkyl halides is 3. The molecule has 5 rings (SSSR count). The molecule has 0 radical (unpaired) electrons. The highest BCUT2D eigenvalue weighted by Gasteiger charge is 2.37. The van der Waals surface area contributed by atoms with Crippen molar-refractivity contribution in [1.29, 1.82) is 0 Å². The van der Waals surface area contributed by atoms with Gasteiger partial charge in [0.15, 0.2) is 0 Å². The minimum atomic E-state index is -4.65. The largest absolute Gasteiger partial charge is 0.497 e. The van der Waals surface area contributed by atoms with Gasteiger partial charge in [0.25, 0.3) is 5.91 Å². The van der Waals surface area contributed by atoms with Gasteiger partial charge in [-0.1, -0.05) is 12.1 Å². The molecule has 3 heterocycles. The van der Waals surface area contributed by atoms with Crippen molar-refractivity contribution in [2.75, 3.05) is 51.5 Å². The molecule has 2 aliphatic rings. The minimum Gasteiger partial charge on any atom is -0.497 e. The highest BCUT2D eigenvalue weighted by atomic mass is 19.4. The maximum atomic E-state index is 13.8. The summed E-state index contributed by atoms with van der Waals surface area (Å²) in [4.78, 5) is 22.2. The molecule has 38 heavy (non-hydrogen) atoms. The fourth-order valence-corrected chi connectivity index (χ4v) is 5.02. The maximum Gasteiger partial charge on any atom is 0.417 e. The van der Waals surface area contributed by atoms with E-state index in [-0.39, 0.29) is 24.8 Å². The van der Waals surface area contributed by atoms with Crippen LogP contribution in [0.5, 0.6) is 5.75 Å². The maximum absolute atomic E-state index is 13.8. The van der Waals surface area contributed by atoms with Crippen molar-refractivity contribution in [1.82, 2.24) is 9.88 Å². The van der Waals surface area contributed by atoms with Crippen molar-refractivity contribution in [3.8, 4) is 5.75 Å². The zero-order chi connectivity index (χ0) is 26.7. The summed E-state index contributed by atoms with van der Waals surface area (Å²) < 4.78 is 58.1. The van der Waals surface area contributed by atoms with Crippen LogP contribution in [0, 0.1) is 0 Å². The molecular formula is C28H30F3N3O4. The van der Waals surface area contributed by atoms with E-state index in [1.807, 2.05) is 24.3 Å². The Morgan fingerprint density at radius 3 is 2.63 bits per heavy atom. The zero-order valence-corrected chi connectivity index (χ0v) is 21.2. The number of amides is 1. The number of anilines is 1. The van der Waals surface area contributed by atoms with Crippen molar-refractivity contribution in [2.45, 2.75) is 31.7 Å². The lowest BCUT2D eigenvalue weighted by atomic mass is 10.0. The molecule has 2 fully saturated rings. The third-order valence-corrected chi connectivity index (χ3v) is 6.95. The summed E-state index contributed by atoms with van der Waals surface area (Å²) in [7, 11) is 1.59. The number of methoxy groups -OCH3 is 1. The second-order valence-corrected chi connectivity index (χ2v) is 9.49. The Morgan fingerprint density at radius 2 is 1.92 bits per heavy atom. The molecule has 1 atom stereocenters. The Hall–Kier alpha value is -3.37. The van der Waals surface area contributed by atoms with Gasteiger partial charge in [-0.3, -0.25) is 4.79 Å². The molecule has 10 heteroatoms. The molecule has 202 valence electrons. The van der Waals surface area contributed by atoms with E-state index >= 15 is 0 Å². The number of halogens is 3. The van der Waals surface area contributed by atoms with Crippen LogP contribution in [0.4, 0.5) is 19.0 Å². The Morgan fingerprint density at radius 1 is 1.13 bits per heavy atom. The first-order valence-electron chi connectivity index (χ1n) is 12.7. The SMILES string of the molecule is COc1ccc2cc(CN(CC3CCCO3)C(=O)c3ccccc3C(F)(F)F)c(N3CCOCC3)nc2c1. The van der Waals surface area contributed by atoms with Crippen molar-refractivity contribution < 1.29 is 32.2 Å². The number of benzene rings is 2.